The van der Waals surface area contributed by atoms with E-state index in [9.17, 15) is 0 Å². The Morgan fingerprint density at radius 1 is 1.32 bits per heavy atom. The van der Waals surface area contributed by atoms with Gasteiger partial charge in [-0.05, 0) is 30.5 Å². The van der Waals surface area contributed by atoms with E-state index in [4.69, 9.17) is 9.47 Å². The van der Waals surface area contributed by atoms with Crippen LogP contribution < -0.4 is 10.1 Å². The summed E-state index contributed by atoms with van der Waals surface area (Å²) in [5.41, 5.74) is 1.17. The Labute approximate surface area is 169 Å². The molecule has 0 aliphatic rings. The van der Waals surface area contributed by atoms with E-state index < -0.39 is 0 Å². The summed E-state index contributed by atoms with van der Waals surface area (Å²) in [6.45, 7) is 6.81. The van der Waals surface area contributed by atoms with Crippen LogP contribution in [-0.2, 0) is 11.3 Å². The Morgan fingerprint density at radius 2 is 2.12 bits per heavy atom. The molecule has 0 amide bonds. The van der Waals surface area contributed by atoms with Gasteiger partial charge in [-0.25, -0.2) is 0 Å². The van der Waals surface area contributed by atoms with E-state index in [1.54, 1.807) is 7.11 Å². The number of methoxy groups -OCH3 is 1. The second kappa shape index (κ2) is 15.0. The number of allylic oxidation sites excluding steroid dienone is 1. The summed E-state index contributed by atoms with van der Waals surface area (Å²) >= 11 is 0. The van der Waals surface area contributed by atoms with Crippen LogP contribution in [0.25, 0.3) is 0 Å². The molecular formula is C19H32IN3O2. The lowest BCUT2D eigenvalue weighted by Gasteiger charge is -2.22. The monoisotopic (exact) mass is 461 g/mol. The number of benzene rings is 1. The van der Waals surface area contributed by atoms with E-state index in [0.717, 1.165) is 44.1 Å². The van der Waals surface area contributed by atoms with E-state index in [0.29, 0.717) is 13.2 Å². The van der Waals surface area contributed by atoms with Gasteiger partial charge in [0.15, 0.2) is 5.96 Å². The van der Waals surface area contributed by atoms with E-state index in [2.05, 4.69) is 33.9 Å². The zero-order valence-corrected chi connectivity index (χ0v) is 18.0. The number of aliphatic imine (C=N–C) groups is 1. The van der Waals surface area contributed by atoms with Gasteiger partial charge in [-0.2, -0.15) is 0 Å². The minimum Gasteiger partial charge on any atom is -0.493 e. The molecule has 142 valence electrons. The molecule has 0 fully saturated rings. The number of hydrogen-bond acceptors (Lipinski definition) is 3. The highest BCUT2D eigenvalue weighted by atomic mass is 127. The third-order valence-corrected chi connectivity index (χ3v) is 3.59. The maximum Gasteiger partial charge on any atom is 0.193 e. The largest absolute Gasteiger partial charge is 0.493 e. The normalized spacial score (nSPS) is 10.8. The fraction of sp³-hybridized carbons (Fsp3) is 0.526. The van der Waals surface area contributed by atoms with Gasteiger partial charge >= 0.3 is 0 Å². The summed E-state index contributed by atoms with van der Waals surface area (Å²) in [4.78, 5) is 6.47. The Kier molecular flexibility index (Phi) is 14.2. The van der Waals surface area contributed by atoms with Crippen molar-refractivity contribution in [1.82, 2.24) is 10.2 Å². The predicted octanol–water partition coefficient (Wildman–Crippen LogP) is 3.69. The van der Waals surface area contributed by atoms with Gasteiger partial charge in [-0.1, -0.05) is 18.2 Å². The Morgan fingerprint density at radius 3 is 2.80 bits per heavy atom. The minimum atomic E-state index is 0. The molecule has 0 radical (unpaired) electrons. The second-order valence-corrected chi connectivity index (χ2v) is 5.60. The first-order valence-corrected chi connectivity index (χ1v) is 8.44. The summed E-state index contributed by atoms with van der Waals surface area (Å²) in [6, 6.07) is 8.14. The summed E-state index contributed by atoms with van der Waals surface area (Å²) in [6.07, 6.45) is 4.93. The van der Waals surface area contributed by atoms with E-state index in [1.807, 2.05) is 32.3 Å². The van der Waals surface area contributed by atoms with Gasteiger partial charge < -0.3 is 19.7 Å². The molecule has 0 spiro atoms. The number of nitrogens with one attached hydrogen (secondary N) is 1. The molecule has 0 bridgehead atoms. The summed E-state index contributed by atoms with van der Waals surface area (Å²) in [5.74, 6) is 1.78. The number of ether oxygens (including phenoxy) is 2. The molecule has 0 saturated carbocycles. The standard InChI is InChI=1S/C19H31N3O2.HI/c1-5-6-7-12-22(3)19(20-2)21-16-17-10-8-11-18(15-17)24-14-9-13-23-4;/h5,8,10-11,15H,1,6-7,9,12-14,16H2,2-4H3,(H,20,21);1H. The van der Waals surface area contributed by atoms with Gasteiger partial charge in [0.1, 0.15) is 5.75 Å². The van der Waals surface area contributed by atoms with Crippen LogP contribution >= 0.6 is 24.0 Å². The van der Waals surface area contributed by atoms with Crippen molar-refractivity contribution >= 4 is 29.9 Å². The quantitative estimate of drug-likeness (QED) is 0.180. The summed E-state index contributed by atoms with van der Waals surface area (Å²) in [7, 11) is 5.56. The molecule has 0 heterocycles. The first-order chi connectivity index (χ1) is 11.7. The van der Waals surface area contributed by atoms with E-state index in [1.165, 1.54) is 5.56 Å². The molecular weight excluding hydrogens is 429 g/mol. The molecule has 0 aliphatic heterocycles. The topological polar surface area (TPSA) is 46.1 Å². The van der Waals surface area contributed by atoms with Crippen LogP contribution in [0.4, 0.5) is 0 Å². The van der Waals surface area contributed by atoms with Crippen molar-refractivity contribution in [3.8, 4) is 5.75 Å². The van der Waals surface area contributed by atoms with Crippen LogP contribution in [-0.4, -0.2) is 51.8 Å². The average molecular weight is 461 g/mol. The third-order valence-electron chi connectivity index (χ3n) is 3.59. The van der Waals surface area contributed by atoms with Gasteiger partial charge in [0.25, 0.3) is 0 Å². The predicted molar refractivity (Wildman–Crippen MR) is 116 cm³/mol. The van der Waals surface area contributed by atoms with Crippen LogP contribution in [0.1, 0.15) is 24.8 Å². The van der Waals surface area contributed by atoms with Crippen molar-refractivity contribution in [1.29, 1.82) is 0 Å². The lowest BCUT2D eigenvalue weighted by Crippen LogP contribution is -2.38. The molecule has 5 nitrogen and oxygen atoms in total. The highest BCUT2D eigenvalue weighted by molar-refractivity contribution is 14.0. The average Bonchev–Trinajstić information content (AvgIpc) is 2.60. The molecule has 25 heavy (non-hydrogen) atoms. The minimum absolute atomic E-state index is 0. The molecule has 0 saturated heterocycles. The zero-order chi connectivity index (χ0) is 17.6. The molecule has 1 aromatic carbocycles. The van der Waals surface area contributed by atoms with Gasteiger partial charge in [-0.3, -0.25) is 4.99 Å². The van der Waals surface area contributed by atoms with E-state index in [-0.39, 0.29) is 24.0 Å². The van der Waals surface area contributed by atoms with Crippen LogP contribution in [0, 0.1) is 0 Å². The van der Waals surface area contributed by atoms with Crippen molar-refractivity contribution in [2.24, 2.45) is 4.99 Å². The van der Waals surface area contributed by atoms with Crippen LogP contribution in [0.3, 0.4) is 0 Å². The number of rotatable bonds is 11. The maximum absolute atomic E-state index is 5.74. The molecule has 0 unspecified atom stereocenters. The van der Waals surface area contributed by atoms with E-state index >= 15 is 0 Å². The Balaban J connectivity index is 0.00000576. The lowest BCUT2D eigenvalue weighted by molar-refractivity contribution is 0.172. The molecule has 1 aromatic rings. The number of halogens is 1. The third kappa shape index (κ3) is 10.3. The molecule has 0 aliphatic carbocycles. The van der Waals surface area contributed by atoms with Gasteiger partial charge in [0.2, 0.25) is 0 Å². The van der Waals surface area contributed by atoms with Crippen molar-refractivity contribution in [2.75, 3.05) is 41.0 Å². The maximum atomic E-state index is 5.74. The molecule has 6 heteroatoms. The highest BCUT2D eigenvalue weighted by Gasteiger charge is 2.05. The second-order valence-electron chi connectivity index (χ2n) is 5.60. The number of nitrogens with zero attached hydrogens (tertiary/aromatic N) is 2. The molecule has 0 aromatic heterocycles. The summed E-state index contributed by atoms with van der Waals surface area (Å²) in [5, 5.41) is 3.39. The van der Waals surface area contributed by atoms with Gasteiger partial charge in [-0.15, -0.1) is 30.6 Å². The number of guanidine groups is 1. The molecule has 0 atom stereocenters. The lowest BCUT2D eigenvalue weighted by atomic mass is 10.2. The summed E-state index contributed by atoms with van der Waals surface area (Å²) < 4.78 is 10.8. The van der Waals surface area contributed by atoms with Crippen molar-refractivity contribution in [2.45, 2.75) is 25.8 Å². The molecule has 1 N–H and O–H groups in total. The van der Waals surface area contributed by atoms with Crippen LogP contribution in [0.15, 0.2) is 41.9 Å². The van der Waals surface area contributed by atoms with Crippen molar-refractivity contribution in [3.05, 3.63) is 42.5 Å². The van der Waals surface area contributed by atoms with Crippen LogP contribution in [0.5, 0.6) is 5.75 Å². The number of hydrogen-bond donors (Lipinski definition) is 1. The highest BCUT2D eigenvalue weighted by Crippen LogP contribution is 2.13. The van der Waals surface area contributed by atoms with Gasteiger partial charge in [0.05, 0.1) is 6.61 Å². The smallest absolute Gasteiger partial charge is 0.193 e. The first-order valence-electron chi connectivity index (χ1n) is 8.44. The Bertz CT molecular complexity index is 509. The zero-order valence-electron chi connectivity index (χ0n) is 15.7. The SMILES string of the molecule is C=CCCCN(C)C(=NC)NCc1cccc(OCCCOC)c1.I. The fourth-order valence-corrected chi connectivity index (χ4v) is 2.28. The number of unbranched alkanes of at least 4 members (excludes halogenated alkanes) is 1. The van der Waals surface area contributed by atoms with Crippen LogP contribution in [0.2, 0.25) is 0 Å². The fourth-order valence-electron chi connectivity index (χ4n) is 2.28. The van der Waals surface area contributed by atoms with Crippen molar-refractivity contribution < 1.29 is 9.47 Å². The van der Waals surface area contributed by atoms with Gasteiger partial charge in [0, 0.05) is 47.3 Å². The van der Waals surface area contributed by atoms with Crippen molar-refractivity contribution in [3.63, 3.8) is 0 Å². The first kappa shape index (κ1) is 23.7. The Hall–Kier alpha value is -1.28. The molecule has 1 rings (SSSR count).